The van der Waals surface area contributed by atoms with Gasteiger partial charge in [-0.15, -0.1) is 0 Å². The highest BCUT2D eigenvalue weighted by Gasteiger charge is 2.32. The monoisotopic (exact) mass is 142 g/mol. The zero-order valence-electron chi connectivity index (χ0n) is 5.67. The summed E-state index contributed by atoms with van der Waals surface area (Å²) in [5, 5.41) is 2.76. The molecule has 0 spiro atoms. The van der Waals surface area contributed by atoms with Gasteiger partial charge in [0.1, 0.15) is 6.23 Å². The minimum atomic E-state index is 0.0220. The molecular formula is C6H10N2O2. The number of ether oxygens (including phenoxy) is 1. The molecule has 4 heteroatoms. The van der Waals surface area contributed by atoms with E-state index in [4.69, 9.17) is 4.74 Å². The van der Waals surface area contributed by atoms with Crippen molar-refractivity contribution in [1.82, 2.24) is 10.2 Å². The quantitative estimate of drug-likeness (QED) is 0.507. The van der Waals surface area contributed by atoms with Crippen LogP contribution in [0.4, 0.5) is 4.79 Å². The van der Waals surface area contributed by atoms with Gasteiger partial charge in [-0.05, 0) is 0 Å². The number of nitrogens with zero attached hydrogens (tertiary/aromatic N) is 1. The van der Waals surface area contributed by atoms with Gasteiger partial charge in [-0.2, -0.15) is 0 Å². The Bertz CT molecular complexity index is 160. The third-order valence-corrected chi connectivity index (χ3v) is 1.92. The lowest BCUT2D eigenvalue weighted by Gasteiger charge is -2.28. The maximum Gasteiger partial charge on any atom is 0.319 e. The van der Waals surface area contributed by atoms with Crippen molar-refractivity contribution in [2.45, 2.75) is 12.6 Å². The second-order valence-corrected chi connectivity index (χ2v) is 2.54. The summed E-state index contributed by atoms with van der Waals surface area (Å²) in [4.78, 5) is 12.8. The van der Waals surface area contributed by atoms with Crippen LogP contribution >= 0.6 is 0 Å². The summed E-state index contributed by atoms with van der Waals surface area (Å²) in [5.41, 5.74) is 0. The highest BCUT2D eigenvalue weighted by molar-refractivity contribution is 5.75. The molecule has 56 valence electrons. The van der Waals surface area contributed by atoms with Crippen LogP contribution in [-0.4, -0.2) is 36.9 Å². The molecule has 1 atom stereocenters. The topological polar surface area (TPSA) is 41.6 Å². The van der Waals surface area contributed by atoms with Crippen molar-refractivity contribution in [2.24, 2.45) is 0 Å². The lowest BCUT2D eigenvalue weighted by molar-refractivity contribution is 0.0328. The van der Waals surface area contributed by atoms with Crippen LogP contribution in [0.25, 0.3) is 0 Å². The molecule has 0 aromatic heterocycles. The molecule has 2 aliphatic rings. The molecule has 2 fully saturated rings. The summed E-state index contributed by atoms with van der Waals surface area (Å²) in [7, 11) is 0. The summed E-state index contributed by atoms with van der Waals surface area (Å²) < 4.78 is 5.29. The lowest BCUT2D eigenvalue weighted by Crippen LogP contribution is -2.49. The molecule has 1 N–H and O–H groups in total. The molecule has 2 rings (SSSR count). The third kappa shape index (κ3) is 0.759. The molecule has 0 bridgehead atoms. The van der Waals surface area contributed by atoms with Crippen molar-refractivity contribution in [3.8, 4) is 0 Å². The normalized spacial score (nSPS) is 31.8. The van der Waals surface area contributed by atoms with E-state index in [0.29, 0.717) is 6.61 Å². The minimum Gasteiger partial charge on any atom is -0.356 e. The molecule has 1 unspecified atom stereocenters. The first-order valence-electron chi connectivity index (χ1n) is 3.54. The minimum absolute atomic E-state index is 0.0220. The fourth-order valence-corrected chi connectivity index (χ4v) is 1.40. The first-order chi connectivity index (χ1) is 4.88. The average Bonchev–Trinajstić information content (AvgIpc) is 2.36. The first kappa shape index (κ1) is 5.97. The fraction of sp³-hybridized carbons (Fsp3) is 0.833. The van der Waals surface area contributed by atoms with E-state index in [1.807, 2.05) is 0 Å². The van der Waals surface area contributed by atoms with E-state index in [-0.39, 0.29) is 12.3 Å². The predicted octanol–water partition coefficient (Wildman–Crippen LogP) is -0.242. The summed E-state index contributed by atoms with van der Waals surface area (Å²) in [6, 6.07) is 0.0220. The van der Waals surface area contributed by atoms with Crippen molar-refractivity contribution < 1.29 is 9.53 Å². The number of carbonyl (C=O) groups excluding carboxylic acids is 1. The van der Waals surface area contributed by atoms with Crippen molar-refractivity contribution in [3.63, 3.8) is 0 Å². The van der Waals surface area contributed by atoms with Gasteiger partial charge in [0.2, 0.25) is 0 Å². The maximum atomic E-state index is 11.0. The van der Waals surface area contributed by atoms with E-state index >= 15 is 0 Å². The average molecular weight is 142 g/mol. The van der Waals surface area contributed by atoms with Gasteiger partial charge >= 0.3 is 6.03 Å². The number of hydrogen-bond donors (Lipinski definition) is 1. The number of hydrogen-bond acceptors (Lipinski definition) is 2. The van der Waals surface area contributed by atoms with E-state index in [1.165, 1.54) is 0 Å². The number of rotatable bonds is 0. The fourth-order valence-electron chi connectivity index (χ4n) is 1.40. The van der Waals surface area contributed by atoms with Crippen LogP contribution in [0.3, 0.4) is 0 Å². The van der Waals surface area contributed by atoms with E-state index in [0.717, 1.165) is 19.5 Å². The Morgan fingerprint density at radius 1 is 1.70 bits per heavy atom. The highest BCUT2D eigenvalue weighted by atomic mass is 16.5. The van der Waals surface area contributed by atoms with Crippen LogP contribution in [0.2, 0.25) is 0 Å². The van der Waals surface area contributed by atoms with Gasteiger partial charge in [-0.1, -0.05) is 0 Å². The molecule has 0 aliphatic carbocycles. The molecule has 2 aliphatic heterocycles. The zero-order chi connectivity index (χ0) is 6.97. The Balaban J connectivity index is 2.10. The van der Waals surface area contributed by atoms with Gasteiger partial charge in [-0.3, -0.25) is 4.90 Å². The van der Waals surface area contributed by atoms with Gasteiger partial charge < -0.3 is 10.1 Å². The predicted molar refractivity (Wildman–Crippen MR) is 34.5 cm³/mol. The maximum absolute atomic E-state index is 11.0. The summed E-state index contributed by atoms with van der Waals surface area (Å²) >= 11 is 0. The van der Waals surface area contributed by atoms with Crippen LogP contribution in [0.1, 0.15) is 6.42 Å². The van der Waals surface area contributed by atoms with Gasteiger partial charge in [0, 0.05) is 19.5 Å². The summed E-state index contributed by atoms with van der Waals surface area (Å²) in [6.45, 7) is 2.19. The Kier molecular flexibility index (Phi) is 1.27. The number of fused-ring (bicyclic) bond motifs is 1. The van der Waals surface area contributed by atoms with Crippen molar-refractivity contribution in [2.75, 3.05) is 19.7 Å². The van der Waals surface area contributed by atoms with Crippen molar-refractivity contribution in [3.05, 3.63) is 0 Å². The molecule has 2 heterocycles. The smallest absolute Gasteiger partial charge is 0.319 e. The van der Waals surface area contributed by atoms with Gasteiger partial charge in [0.25, 0.3) is 0 Å². The lowest BCUT2D eigenvalue weighted by atomic mass is 10.3. The Hall–Kier alpha value is -0.770. The van der Waals surface area contributed by atoms with Crippen LogP contribution in [-0.2, 0) is 4.74 Å². The number of carbonyl (C=O) groups is 1. The van der Waals surface area contributed by atoms with Crippen LogP contribution in [0.5, 0.6) is 0 Å². The molecule has 0 saturated carbocycles. The van der Waals surface area contributed by atoms with E-state index in [9.17, 15) is 4.79 Å². The first-order valence-corrected chi connectivity index (χ1v) is 3.54. The van der Waals surface area contributed by atoms with Crippen LogP contribution in [0.15, 0.2) is 0 Å². The molecule has 2 amide bonds. The molecular weight excluding hydrogens is 132 g/mol. The summed E-state index contributed by atoms with van der Waals surface area (Å²) in [6.07, 6.45) is 0.986. The number of urea groups is 1. The second-order valence-electron chi connectivity index (χ2n) is 2.54. The Labute approximate surface area is 59.1 Å². The standard InChI is InChI=1S/C6H10N2O2/c9-6-7-2-1-5-8(6)3-4-10-5/h5H,1-4H2,(H,7,9). The SMILES string of the molecule is O=C1NCCC2OCCN12. The second kappa shape index (κ2) is 2.12. The zero-order valence-corrected chi connectivity index (χ0v) is 5.67. The largest absolute Gasteiger partial charge is 0.356 e. The molecule has 2 saturated heterocycles. The number of nitrogens with one attached hydrogen (secondary N) is 1. The van der Waals surface area contributed by atoms with Gasteiger partial charge in [0.05, 0.1) is 6.61 Å². The molecule has 0 radical (unpaired) electrons. The molecule has 0 aromatic rings. The van der Waals surface area contributed by atoms with E-state index in [2.05, 4.69) is 5.32 Å². The van der Waals surface area contributed by atoms with Crippen LogP contribution in [0, 0.1) is 0 Å². The van der Waals surface area contributed by atoms with E-state index < -0.39 is 0 Å². The number of amides is 2. The molecule has 10 heavy (non-hydrogen) atoms. The van der Waals surface area contributed by atoms with Crippen LogP contribution < -0.4 is 5.32 Å². The van der Waals surface area contributed by atoms with Gasteiger partial charge in [0.15, 0.2) is 0 Å². The third-order valence-electron chi connectivity index (χ3n) is 1.92. The Morgan fingerprint density at radius 3 is 3.40 bits per heavy atom. The summed E-state index contributed by atoms with van der Waals surface area (Å²) in [5.74, 6) is 0. The molecule has 0 aromatic carbocycles. The highest BCUT2D eigenvalue weighted by Crippen LogP contribution is 2.15. The van der Waals surface area contributed by atoms with Crippen molar-refractivity contribution >= 4 is 6.03 Å². The van der Waals surface area contributed by atoms with E-state index in [1.54, 1.807) is 4.90 Å². The van der Waals surface area contributed by atoms with Crippen molar-refractivity contribution in [1.29, 1.82) is 0 Å². The van der Waals surface area contributed by atoms with Gasteiger partial charge in [-0.25, -0.2) is 4.79 Å². The Morgan fingerprint density at radius 2 is 2.60 bits per heavy atom. The molecule has 4 nitrogen and oxygen atoms in total.